The number of hydrogen-bond acceptors (Lipinski definition) is 5. The zero-order valence-electron chi connectivity index (χ0n) is 12.5. The lowest BCUT2D eigenvalue weighted by Gasteiger charge is -2.36. The first-order chi connectivity index (χ1) is 10.1. The average Bonchev–Trinajstić information content (AvgIpc) is 2.44. The van der Waals surface area contributed by atoms with Crippen molar-refractivity contribution >= 4 is 0 Å². The summed E-state index contributed by atoms with van der Waals surface area (Å²) in [5.41, 5.74) is 0.554. The third kappa shape index (κ3) is 5.01. The van der Waals surface area contributed by atoms with E-state index in [4.69, 9.17) is 14.7 Å². The Kier molecular flexibility index (Phi) is 5.57. The minimum absolute atomic E-state index is 0.189. The number of rotatable bonds is 5. The molecule has 0 saturated carbocycles. The molecule has 1 unspecified atom stereocenters. The summed E-state index contributed by atoms with van der Waals surface area (Å²) in [5, 5.41) is 18.9. The second-order valence-corrected chi connectivity index (χ2v) is 5.58. The number of β-amino-alcohol motifs (C(OH)–C–C–N with tert-alkyl or cyclic N) is 1. The molecule has 5 heteroatoms. The van der Waals surface area contributed by atoms with Gasteiger partial charge in [-0.2, -0.15) is 5.26 Å². The van der Waals surface area contributed by atoms with Gasteiger partial charge in [0.15, 0.2) is 0 Å². The van der Waals surface area contributed by atoms with Gasteiger partial charge in [-0.3, -0.25) is 4.90 Å². The van der Waals surface area contributed by atoms with E-state index in [0.717, 1.165) is 13.1 Å². The predicted octanol–water partition coefficient (Wildman–Crippen LogP) is 1.41. The van der Waals surface area contributed by atoms with Crippen LogP contribution in [0.4, 0.5) is 0 Å². The molecule has 0 aromatic heterocycles. The third-order valence-electron chi connectivity index (χ3n) is 3.37. The molecule has 1 saturated heterocycles. The zero-order chi connectivity index (χ0) is 15.2. The maximum Gasteiger partial charge on any atom is 0.120 e. The third-order valence-corrected chi connectivity index (χ3v) is 3.37. The van der Waals surface area contributed by atoms with Crippen LogP contribution in [0.3, 0.4) is 0 Å². The van der Waals surface area contributed by atoms with E-state index in [2.05, 4.69) is 11.0 Å². The van der Waals surface area contributed by atoms with Crippen molar-refractivity contribution < 1.29 is 14.6 Å². The molecular weight excluding hydrogens is 268 g/mol. The van der Waals surface area contributed by atoms with Gasteiger partial charge in [-0.05, 0) is 32.0 Å². The molecule has 1 aromatic rings. The minimum atomic E-state index is -0.562. The molecule has 1 aromatic carbocycles. The number of benzene rings is 1. The Bertz CT molecular complexity index is 491. The lowest BCUT2D eigenvalue weighted by molar-refractivity contribution is -0.0786. The number of hydrogen-bond donors (Lipinski definition) is 1. The summed E-state index contributed by atoms with van der Waals surface area (Å²) < 4.78 is 11.2. The van der Waals surface area contributed by atoms with Gasteiger partial charge in [0.25, 0.3) is 0 Å². The summed E-state index contributed by atoms with van der Waals surface area (Å²) in [6, 6.07) is 9.01. The van der Waals surface area contributed by atoms with E-state index in [1.54, 1.807) is 24.3 Å². The van der Waals surface area contributed by atoms with E-state index in [9.17, 15) is 5.11 Å². The van der Waals surface area contributed by atoms with Crippen LogP contribution in [0.1, 0.15) is 19.4 Å². The van der Waals surface area contributed by atoms with Gasteiger partial charge in [0.2, 0.25) is 0 Å². The second-order valence-electron chi connectivity index (χ2n) is 5.58. The molecule has 0 radical (unpaired) electrons. The van der Waals surface area contributed by atoms with Crippen molar-refractivity contribution in [3.63, 3.8) is 0 Å². The lowest BCUT2D eigenvalue weighted by Crippen LogP contribution is -2.48. The molecule has 5 nitrogen and oxygen atoms in total. The van der Waals surface area contributed by atoms with Gasteiger partial charge in [0, 0.05) is 19.6 Å². The van der Waals surface area contributed by atoms with Crippen LogP contribution in [0.15, 0.2) is 24.3 Å². The first-order valence-electron chi connectivity index (χ1n) is 7.25. The van der Waals surface area contributed by atoms with Gasteiger partial charge >= 0.3 is 0 Å². The topological polar surface area (TPSA) is 65.7 Å². The molecule has 1 aliphatic heterocycles. The van der Waals surface area contributed by atoms with Gasteiger partial charge in [-0.25, -0.2) is 0 Å². The van der Waals surface area contributed by atoms with Crippen molar-refractivity contribution in [2.45, 2.75) is 32.2 Å². The number of aliphatic hydroxyl groups is 1. The van der Waals surface area contributed by atoms with E-state index in [-0.39, 0.29) is 18.8 Å². The van der Waals surface area contributed by atoms with E-state index < -0.39 is 6.10 Å². The largest absolute Gasteiger partial charge is 0.491 e. The quantitative estimate of drug-likeness (QED) is 0.888. The maximum atomic E-state index is 10.1. The van der Waals surface area contributed by atoms with Gasteiger partial charge < -0.3 is 14.6 Å². The van der Waals surface area contributed by atoms with Crippen LogP contribution in [0.5, 0.6) is 5.75 Å². The lowest BCUT2D eigenvalue weighted by atomic mass is 10.2. The number of nitriles is 1. The number of morpholine rings is 1. The zero-order valence-corrected chi connectivity index (χ0v) is 12.5. The summed E-state index contributed by atoms with van der Waals surface area (Å²) in [5.74, 6) is 0.608. The smallest absolute Gasteiger partial charge is 0.120 e. The van der Waals surface area contributed by atoms with Crippen LogP contribution in [0.2, 0.25) is 0 Å². The Hall–Kier alpha value is -1.61. The van der Waals surface area contributed by atoms with Crippen molar-refractivity contribution in [3.8, 4) is 11.8 Å². The molecule has 1 fully saturated rings. The first-order valence-corrected chi connectivity index (χ1v) is 7.25. The van der Waals surface area contributed by atoms with Crippen molar-refractivity contribution in [2.24, 2.45) is 0 Å². The molecular formula is C16H22N2O3. The molecule has 1 aliphatic rings. The predicted molar refractivity (Wildman–Crippen MR) is 79.1 cm³/mol. The van der Waals surface area contributed by atoms with E-state index in [1.807, 2.05) is 13.8 Å². The fourth-order valence-electron chi connectivity index (χ4n) is 2.63. The fraction of sp³-hybridized carbons (Fsp3) is 0.562. The first kappa shape index (κ1) is 15.8. The Morgan fingerprint density at radius 3 is 2.81 bits per heavy atom. The molecule has 1 heterocycles. The highest BCUT2D eigenvalue weighted by Gasteiger charge is 2.23. The Labute approximate surface area is 125 Å². The van der Waals surface area contributed by atoms with Crippen LogP contribution in [-0.2, 0) is 4.74 Å². The second kappa shape index (κ2) is 7.41. The summed E-state index contributed by atoms with van der Waals surface area (Å²) >= 11 is 0. The van der Waals surface area contributed by atoms with Gasteiger partial charge in [-0.15, -0.1) is 0 Å². The highest BCUT2D eigenvalue weighted by molar-refractivity contribution is 5.36. The van der Waals surface area contributed by atoms with Crippen molar-refractivity contribution in [3.05, 3.63) is 29.8 Å². The standard InChI is InChI=1S/C16H22N2O3/c1-12-8-18(9-13(2)21-12)10-15(19)11-20-16-5-3-4-14(6-16)7-17/h3-6,12-13,15,19H,8-11H2,1-2H3/t12-,13+,15?. The maximum absolute atomic E-state index is 10.1. The Morgan fingerprint density at radius 2 is 2.14 bits per heavy atom. The number of ether oxygens (including phenoxy) is 2. The molecule has 3 atom stereocenters. The van der Waals surface area contributed by atoms with Gasteiger partial charge in [-0.1, -0.05) is 6.07 Å². The minimum Gasteiger partial charge on any atom is -0.491 e. The van der Waals surface area contributed by atoms with E-state index in [0.29, 0.717) is 17.9 Å². The van der Waals surface area contributed by atoms with E-state index >= 15 is 0 Å². The highest BCUT2D eigenvalue weighted by Crippen LogP contribution is 2.14. The molecule has 1 N–H and O–H groups in total. The summed E-state index contributed by atoms with van der Waals surface area (Å²) in [7, 11) is 0. The van der Waals surface area contributed by atoms with Crippen molar-refractivity contribution in [1.29, 1.82) is 5.26 Å². The van der Waals surface area contributed by atoms with Gasteiger partial charge in [0.05, 0.1) is 23.8 Å². The number of aliphatic hydroxyl groups excluding tert-OH is 1. The van der Waals surface area contributed by atoms with Crippen LogP contribution in [-0.4, -0.2) is 54.6 Å². The number of nitrogens with zero attached hydrogens (tertiary/aromatic N) is 2. The van der Waals surface area contributed by atoms with Crippen LogP contribution in [0, 0.1) is 11.3 Å². The highest BCUT2D eigenvalue weighted by atomic mass is 16.5. The van der Waals surface area contributed by atoms with Crippen LogP contribution < -0.4 is 4.74 Å². The van der Waals surface area contributed by atoms with Crippen molar-refractivity contribution in [1.82, 2.24) is 4.90 Å². The average molecular weight is 290 g/mol. The molecule has 0 aliphatic carbocycles. The van der Waals surface area contributed by atoms with Crippen LogP contribution in [0.25, 0.3) is 0 Å². The molecule has 0 bridgehead atoms. The SMILES string of the molecule is C[C@@H]1CN(CC(O)COc2cccc(C#N)c2)C[C@H](C)O1. The Morgan fingerprint density at radius 1 is 1.43 bits per heavy atom. The molecule has 0 spiro atoms. The van der Waals surface area contributed by atoms with E-state index in [1.165, 1.54) is 0 Å². The Balaban J connectivity index is 1.79. The summed E-state index contributed by atoms with van der Waals surface area (Å²) in [6.45, 7) is 6.51. The van der Waals surface area contributed by atoms with Crippen LogP contribution >= 0.6 is 0 Å². The molecule has 21 heavy (non-hydrogen) atoms. The summed E-state index contributed by atoms with van der Waals surface area (Å²) in [6.07, 6.45) is -0.184. The van der Waals surface area contributed by atoms with Crippen molar-refractivity contribution in [2.75, 3.05) is 26.2 Å². The van der Waals surface area contributed by atoms with Gasteiger partial charge in [0.1, 0.15) is 18.5 Å². The molecule has 0 amide bonds. The fourth-order valence-corrected chi connectivity index (χ4v) is 2.63. The summed E-state index contributed by atoms with van der Waals surface area (Å²) in [4.78, 5) is 2.19. The molecule has 2 rings (SSSR count). The monoisotopic (exact) mass is 290 g/mol. The normalized spacial score (nSPS) is 24.3. The molecule has 114 valence electrons.